The van der Waals surface area contributed by atoms with Gasteiger partial charge in [0.2, 0.25) is 0 Å². The molecule has 1 aromatic heterocycles. The predicted octanol–water partition coefficient (Wildman–Crippen LogP) is 7.91. The molecule has 2 aliphatic rings. The van der Waals surface area contributed by atoms with Crippen LogP contribution in [0.5, 0.6) is 0 Å². The Balaban J connectivity index is 1.66. The van der Waals surface area contributed by atoms with Crippen molar-refractivity contribution in [2.75, 3.05) is 0 Å². The molecule has 0 aliphatic heterocycles. The Morgan fingerprint density at radius 3 is 2.31 bits per heavy atom. The molecule has 5 aromatic rings. The fourth-order valence-corrected chi connectivity index (χ4v) is 5.99. The van der Waals surface area contributed by atoms with Crippen LogP contribution in [0.15, 0.2) is 115 Å². The van der Waals surface area contributed by atoms with Crippen molar-refractivity contribution in [3.63, 3.8) is 0 Å². The lowest BCUT2D eigenvalue weighted by atomic mass is 9.66. The molecule has 1 nitrogen and oxygen atoms in total. The zero-order valence-corrected chi connectivity index (χ0v) is 17.8. The van der Waals surface area contributed by atoms with Crippen LogP contribution in [-0.2, 0) is 5.41 Å². The van der Waals surface area contributed by atoms with Crippen molar-refractivity contribution in [1.82, 2.24) is 4.98 Å². The van der Waals surface area contributed by atoms with Gasteiger partial charge in [0.05, 0.1) is 5.41 Å². The minimum absolute atomic E-state index is 0.296. The van der Waals surface area contributed by atoms with Gasteiger partial charge in [-0.2, -0.15) is 0 Å². The van der Waals surface area contributed by atoms with Crippen molar-refractivity contribution in [3.05, 3.63) is 131 Å². The van der Waals surface area contributed by atoms with Gasteiger partial charge < -0.3 is 4.98 Å². The van der Waals surface area contributed by atoms with E-state index in [1.54, 1.807) is 0 Å². The van der Waals surface area contributed by atoms with Crippen molar-refractivity contribution in [1.29, 1.82) is 0 Å². The summed E-state index contributed by atoms with van der Waals surface area (Å²) in [7, 11) is 0. The topological polar surface area (TPSA) is 15.8 Å². The monoisotopic (exact) mass is 409 g/mol. The first-order valence-corrected chi connectivity index (χ1v) is 11.4. The number of aromatic amines is 1. The summed E-state index contributed by atoms with van der Waals surface area (Å²) in [5, 5.41) is 2.59. The number of aromatic nitrogens is 1. The van der Waals surface area contributed by atoms with Crippen molar-refractivity contribution >= 4 is 21.8 Å². The van der Waals surface area contributed by atoms with E-state index in [-0.39, 0.29) is 5.41 Å². The summed E-state index contributed by atoms with van der Waals surface area (Å²) in [5.41, 5.74) is 10.3. The molecule has 152 valence electrons. The van der Waals surface area contributed by atoms with Crippen LogP contribution in [-0.4, -0.2) is 4.98 Å². The maximum absolute atomic E-state index is 3.69. The predicted molar refractivity (Wildman–Crippen MR) is 134 cm³/mol. The van der Waals surface area contributed by atoms with Crippen LogP contribution in [0.2, 0.25) is 0 Å². The Morgan fingerprint density at radius 2 is 1.44 bits per heavy atom. The van der Waals surface area contributed by atoms with Crippen LogP contribution < -0.4 is 0 Å². The molecule has 1 atom stereocenters. The Morgan fingerprint density at radius 1 is 0.625 bits per heavy atom. The molecule has 2 aliphatic carbocycles. The molecule has 0 radical (unpaired) electrons. The summed E-state index contributed by atoms with van der Waals surface area (Å²) in [6.45, 7) is 0. The summed E-state index contributed by atoms with van der Waals surface area (Å²) in [6, 6.07) is 33.5. The van der Waals surface area contributed by atoms with Gasteiger partial charge in [0.25, 0.3) is 0 Å². The molecule has 4 aromatic carbocycles. The number of allylic oxidation sites excluding steroid dienone is 4. The second-order valence-electron chi connectivity index (χ2n) is 8.91. The van der Waals surface area contributed by atoms with Crippen LogP contribution >= 0.6 is 0 Å². The standard InChI is InChI=1S/C31H23N/c1-3-11-21(12-4-1)31(22-13-5-2-6-14-22)27-17-9-7-15-23(27)25-19-26-24-16-8-10-18-29(24)32-30(26)20-28(25)31/h1,3-5,7-20,32H,2,6H2. The first kappa shape index (κ1) is 17.8. The minimum Gasteiger partial charge on any atom is -0.355 e. The SMILES string of the molecule is C1=CC(C2(c3ccccc3)c3ccccc3-c3cc4c(cc32)[nH]c2ccccc24)=CCC1. The molecule has 0 amide bonds. The second kappa shape index (κ2) is 6.58. The Bertz CT molecular complexity index is 1560. The number of fused-ring (bicyclic) bond motifs is 6. The first-order chi connectivity index (χ1) is 15.9. The average Bonchev–Trinajstić information content (AvgIpc) is 3.37. The van der Waals surface area contributed by atoms with Gasteiger partial charge in [-0.15, -0.1) is 0 Å². The highest BCUT2D eigenvalue weighted by atomic mass is 14.7. The molecule has 7 rings (SSSR count). The number of benzene rings is 4. The third kappa shape index (κ3) is 2.23. The van der Waals surface area contributed by atoms with Crippen molar-refractivity contribution in [2.45, 2.75) is 18.3 Å². The summed E-state index contributed by atoms with van der Waals surface area (Å²) >= 11 is 0. The van der Waals surface area contributed by atoms with Crippen LogP contribution in [0.25, 0.3) is 32.9 Å². The van der Waals surface area contributed by atoms with Gasteiger partial charge in [-0.05, 0) is 64.4 Å². The lowest BCUT2D eigenvalue weighted by molar-refractivity contribution is 0.752. The highest BCUT2D eigenvalue weighted by Crippen LogP contribution is 2.57. The number of hydrogen-bond acceptors (Lipinski definition) is 0. The average molecular weight is 410 g/mol. The molecule has 0 bridgehead atoms. The molecule has 32 heavy (non-hydrogen) atoms. The van der Waals surface area contributed by atoms with E-state index in [1.165, 1.54) is 55.2 Å². The molecule has 1 N–H and O–H groups in total. The molecule has 1 heteroatoms. The summed E-state index contributed by atoms with van der Waals surface area (Å²) in [4.78, 5) is 3.69. The second-order valence-corrected chi connectivity index (χ2v) is 8.91. The van der Waals surface area contributed by atoms with Gasteiger partial charge in [-0.25, -0.2) is 0 Å². The summed E-state index contributed by atoms with van der Waals surface area (Å²) in [6.07, 6.45) is 9.35. The number of H-pyrrole nitrogens is 1. The fourth-order valence-electron chi connectivity index (χ4n) is 5.99. The minimum atomic E-state index is -0.296. The van der Waals surface area contributed by atoms with E-state index in [2.05, 4.69) is 114 Å². The third-order valence-electron chi connectivity index (χ3n) is 7.30. The molecular formula is C31H23N. The number of rotatable bonds is 2. The van der Waals surface area contributed by atoms with Crippen LogP contribution in [0.3, 0.4) is 0 Å². The fraction of sp³-hybridized carbons (Fsp3) is 0.0968. The molecule has 0 spiro atoms. The van der Waals surface area contributed by atoms with E-state index < -0.39 is 0 Å². The lowest BCUT2D eigenvalue weighted by Gasteiger charge is -2.35. The summed E-state index contributed by atoms with van der Waals surface area (Å²) in [5.74, 6) is 0. The maximum Gasteiger partial charge on any atom is 0.0711 e. The molecule has 0 fully saturated rings. The smallest absolute Gasteiger partial charge is 0.0711 e. The summed E-state index contributed by atoms with van der Waals surface area (Å²) < 4.78 is 0. The van der Waals surface area contributed by atoms with Crippen molar-refractivity contribution in [3.8, 4) is 11.1 Å². The van der Waals surface area contributed by atoms with Gasteiger partial charge in [0.15, 0.2) is 0 Å². The molecule has 1 unspecified atom stereocenters. The van der Waals surface area contributed by atoms with Gasteiger partial charge in [-0.3, -0.25) is 0 Å². The number of hydrogen-bond donors (Lipinski definition) is 1. The van der Waals surface area contributed by atoms with Gasteiger partial charge in [0, 0.05) is 21.8 Å². The highest BCUT2D eigenvalue weighted by Gasteiger charge is 2.47. The lowest BCUT2D eigenvalue weighted by Crippen LogP contribution is -2.29. The Kier molecular flexibility index (Phi) is 3.66. The van der Waals surface area contributed by atoms with Gasteiger partial charge in [-0.1, -0.05) is 91.0 Å². The Labute approximate surface area is 187 Å². The Hall–Kier alpha value is -3.84. The van der Waals surface area contributed by atoms with Crippen LogP contribution in [0, 0.1) is 0 Å². The third-order valence-corrected chi connectivity index (χ3v) is 7.30. The molecule has 1 heterocycles. The molecular weight excluding hydrogens is 386 g/mol. The normalized spacial score (nSPS) is 19.2. The van der Waals surface area contributed by atoms with Gasteiger partial charge in [0.1, 0.15) is 0 Å². The largest absolute Gasteiger partial charge is 0.355 e. The maximum atomic E-state index is 3.69. The van der Waals surface area contributed by atoms with Crippen molar-refractivity contribution < 1.29 is 0 Å². The van der Waals surface area contributed by atoms with E-state index in [4.69, 9.17) is 0 Å². The zero-order valence-electron chi connectivity index (χ0n) is 17.8. The van der Waals surface area contributed by atoms with E-state index in [1.807, 2.05) is 0 Å². The molecule has 0 saturated carbocycles. The van der Waals surface area contributed by atoms with Crippen molar-refractivity contribution in [2.24, 2.45) is 0 Å². The molecule has 0 saturated heterocycles. The van der Waals surface area contributed by atoms with Gasteiger partial charge >= 0.3 is 0 Å². The quantitative estimate of drug-likeness (QED) is 0.305. The van der Waals surface area contributed by atoms with E-state index >= 15 is 0 Å². The van der Waals surface area contributed by atoms with E-state index in [0.717, 1.165) is 12.8 Å². The van der Waals surface area contributed by atoms with E-state index in [9.17, 15) is 0 Å². The number of para-hydroxylation sites is 1. The number of nitrogens with one attached hydrogen (secondary N) is 1. The van der Waals surface area contributed by atoms with E-state index in [0.29, 0.717) is 0 Å². The van der Waals surface area contributed by atoms with Crippen LogP contribution in [0.1, 0.15) is 29.5 Å². The highest BCUT2D eigenvalue weighted by molar-refractivity contribution is 6.10. The zero-order chi connectivity index (χ0) is 21.1. The van der Waals surface area contributed by atoms with Crippen LogP contribution in [0.4, 0.5) is 0 Å². The first-order valence-electron chi connectivity index (χ1n) is 11.4.